The molecule has 0 aliphatic rings. The molecule has 1 aromatic carbocycles. The molecule has 1 heterocycles. The SMILES string of the molecule is CSc1ccc2[nH]cnc2c1CCl. The minimum absolute atomic E-state index is 0.512. The molecule has 0 unspecified atom stereocenters. The average molecular weight is 213 g/mol. The zero-order valence-electron chi connectivity index (χ0n) is 7.17. The zero-order valence-corrected chi connectivity index (χ0v) is 8.75. The van der Waals surface area contributed by atoms with E-state index in [0.717, 1.165) is 16.6 Å². The van der Waals surface area contributed by atoms with Crippen LogP contribution in [0.4, 0.5) is 0 Å². The van der Waals surface area contributed by atoms with E-state index >= 15 is 0 Å². The van der Waals surface area contributed by atoms with Crippen LogP contribution in [0, 0.1) is 0 Å². The zero-order chi connectivity index (χ0) is 9.26. The maximum Gasteiger partial charge on any atom is 0.0937 e. The second kappa shape index (κ2) is 3.60. The molecule has 68 valence electrons. The molecule has 0 fully saturated rings. The molecule has 0 aliphatic heterocycles. The van der Waals surface area contributed by atoms with Gasteiger partial charge in [-0.25, -0.2) is 4.98 Å². The van der Waals surface area contributed by atoms with Crippen LogP contribution in [0.5, 0.6) is 0 Å². The molecular formula is C9H9ClN2S. The molecule has 13 heavy (non-hydrogen) atoms. The highest BCUT2D eigenvalue weighted by molar-refractivity contribution is 7.98. The van der Waals surface area contributed by atoms with Crippen molar-refractivity contribution in [2.45, 2.75) is 10.8 Å². The molecule has 0 saturated heterocycles. The topological polar surface area (TPSA) is 28.7 Å². The summed E-state index contributed by atoms with van der Waals surface area (Å²) in [4.78, 5) is 8.51. The molecule has 0 radical (unpaired) electrons. The van der Waals surface area contributed by atoms with Crippen molar-refractivity contribution < 1.29 is 0 Å². The summed E-state index contributed by atoms with van der Waals surface area (Å²) in [6.07, 6.45) is 3.74. The fraction of sp³-hybridized carbons (Fsp3) is 0.222. The fourth-order valence-corrected chi connectivity index (χ4v) is 2.34. The number of halogens is 1. The van der Waals surface area contributed by atoms with Gasteiger partial charge in [0.25, 0.3) is 0 Å². The molecule has 0 aliphatic carbocycles. The molecule has 2 nitrogen and oxygen atoms in total. The van der Waals surface area contributed by atoms with E-state index in [2.05, 4.69) is 16.0 Å². The Bertz CT molecular complexity index is 424. The molecule has 0 spiro atoms. The van der Waals surface area contributed by atoms with Gasteiger partial charge < -0.3 is 4.98 Å². The second-order valence-corrected chi connectivity index (χ2v) is 3.79. The minimum Gasteiger partial charge on any atom is -0.345 e. The number of H-pyrrole nitrogens is 1. The normalized spacial score (nSPS) is 10.9. The smallest absolute Gasteiger partial charge is 0.0937 e. The number of alkyl halides is 1. The molecule has 2 rings (SSSR count). The molecule has 1 aromatic heterocycles. The highest BCUT2D eigenvalue weighted by atomic mass is 35.5. The fourth-order valence-electron chi connectivity index (χ4n) is 1.37. The van der Waals surface area contributed by atoms with E-state index in [9.17, 15) is 0 Å². The number of hydrogen-bond acceptors (Lipinski definition) is 2. The van der Waals surface area contributed by atoms with Gasteiger partial charge >= 0.3 is 0 Å². The van der Waals surface area contributed by atoms with Crippen LogP contribution >= 0.6 is 23.4 Å². The van der Waals surface area contributed by atoms with E-state index < -0.39 is 0 Å². The Hall–Kier alpha value is -0.670. The third-order valence-corrected chi connectivity index (χ3v) is 3.10. The van der Waals surface area contributed by atoms with Crippen molar-refractivity contribution in [3.8, 4) is 0 Å². The maximum absolute atomic E-state index is 5.88. The number of benzene rings is 1. The van der Waals surface area contributed by atoms with Crippen LogP contribution in [-0.4, -0.2) is 16.2 Å². The summed E-state index contributed by atoms with van der Waals surface area (Å²) in [6.45, 7) is 0. The van der Waals surface area contributed by atoms with Crippen molar-refractivity contribution >= 4 is 34.4 Å². The molecule has 4 heteroatoms. The number of thioether (sulfide) groups is 1. The van der Waals surface area contributed by atoms with E-state index in [4.69, 9.17) is 11.6 Å². The summed E-state index contributed by atoms with van der Waals surface area (Å²) in [7, 11) is 0. The first-order valence-electron chi connectivity index (χ1n) is 3.91. The highest BCUT2D eigenvalue weighted by Crippen LogP contribution is 2.27. The van der Waals surface area contributed by atoms with Gasteiger partial charge in [0.2, 0.25) is 0 Å². The van der Waals surface area contributed by atoms with E-state index in [1.165, 1.54) is 4.90 Å². The Balaban J connectivity index is 2.74. The molecule has 2 aromatic rings. The maximum atomic E-state index is 5.88. The Morgan fingerprint density at radius 3 is 3.08 bits per heavy atom. The molecule has 0 amide bonds. The second-order valence-electron chi connectivity index (χ2n) is 2.68. The van der Waals surface area contributed by atoms with Gasteiger partial charge in [-0.2, -0.15) is 0 Å². The Morgan fingerprint density at radius 2 is 2.38 bits per heavy atom. The standard InChI is InChI=1S/C9H9ClN2S/c1-13-8-3-2-7-9(6(8)4-10)12-5-11-7/h2-3,5H,4H2,1H3,(H,11,12). The molecular weight excluding hydrogens is 204 g/mol. The van der Waals surface area contributed by atoms with Crippen molar-refractivity contribution in [2.24, 2.45) is 0 Å². The van der Waals surface area contributed by atoms with Gasteiger partial charge in [0.05, 0.1) is 23.2 Å². The molecule has 1 N–H and O–H groups in total. The number of fused-ring (bicyclic) bond motifs is 1. The first-order chi connectivity index (χ1) is 6.36. The Kier molecular flexibility index (Phi) is 2.47. The lowest BCUT2D eigenvalue weighted by atomic mass is 10.2. The Labute approximate surface area is 85.7 Å². The van der Waals surface area contributed by atoms with Crippen molar-refractivity contribution in [3.05, 3.63) is 24.0 Å². The number of aromatic amines is 1. The van der Waals surface area contributed by atoms with Crippen LogP contribution in [0.3, 0.4) is 0 Å². The quantitative estimate of drug-likeness (QED) is 0.613. The first-order valence-corrected chi connectivity index (χ1v) is 5.67. The van der Waals surface area contributed by atoms with Gasteiger partial charge in [0.1, 0.15) is 0 Å². The molecule has 0 saturated carbocycles. The van der Waals surface area contributed by atoms with Crippen molar-refractivity contribution in [1.29, 1.82) is 0 Å². The van der Waals surface area contributed by atoms with Crippen LogP contribution in [0.1, 0.15) is 5.56 Å². The summed E-state index contributed by atoms with van der Waals surface area (Å²) in [5.74, 6) is 0.512. The summed E-state index contributed by atoms with van der Waals surface area (Å²) < 4.78 is 0. The third-order valence-electron chi connectivity index (χ3n) is 2.01. The van der Waals surface area contributed by atoms with Gasteiger partial charge in [0.15, 0.2) is 0 Å². The third kappa shape index (κ3) is 1.42. The summed E-state index contributed by atoms with van der Waals surface area (Å²) >= 11 is 7.58. The lowest BCUT2D eigenvalue weighted by Gasteiger charge is -2.03. The largest absolute Gasteiger partial charge is 0.345 e. The van der Waals surface area contributed by atoms with Crippen molar-refractivity contribution in [3.63, 3.8) is 0 Å². The van der Waals surface area contributed by atoms with E-state index in [1.807, 2.05) is 12.3 Å². The van der Waals surface area contributed by atoms with Crippen molar-refractivity contribution in [1.82, 2.24) is 9.97 Å². The molecule has 0 atom stereocenters. The van der Waals surface area contributed by atoms with E-state index in [1.54, 1.807) is 18.1 Å². The van der Waals surface area contributed by atoms with E-state index in [-0.39, 0.29) is 0 Å². The summed E-state index contributed by atoms with van der Waals surface area (Å²) in [5.41, 5.74) is 3.16. The van der Waals surface area contributed by atoms with E-state index in [0.29, 0.717) is 5.88 Å². The average Bonchev–Trinajstić information content (AvgIpc) is 2.63. The van der Waals surface area contributed by atoms with Gasteiger partial charge in [-0.05, 0) is 18.4 Å². The number of hydrogen-bond donors (Lipinski definition) is 1. The van der Waals surface area contributed by atoms with Crippen LogP contribution in [0.15, 0.2) is 23.4 Å². The van der Waals surface area contributed by atoms with Crippen LogP contribution in [-0.2, 0) is 5.88 Å². The van der Waals surface area contributed by atoms with Crippen LogP contribution in [0.2, 0.25) is 0 Å². The predicted octanol–water partition coefficient (Wildman–Crippen LogP) is 3.02. The monoisotopic (exact) mass is 212 g/mol. The minimum atomic E-state index is 0.512. The highest BCUT2D eigenvalue weighted by Gasteiger charge is 2.07. The van der Waals surface area contributed by atoms with Crippen molar-refractivity contribution in [2.75, 3.05) is 6.26 Å². The number of imidazole rings is 1. The first kappa shape index (κ1) is 8.91. The lowest BCUT2D eigenvalue weighted by Crippen LogP contribution is -1.85. The Morgan fingerprint density at radius 1 is 1.54 bits per heavy atom. The molecule has 0 bridgehead atoms. The number of aromatic nitrogens is 2. The van der Waals surface area contributed by atoms with Crippen LogP contribution in [0.25, 0.3) is 11.0 Å². The predicted molar refractivity (Wildman–Crippen MR) is 57.4 cm³/mol. The number of rotatable bonds is 2. The lowest BCUT2D eigenvalue weighted by molar-refractivity contribution is 1.27. The summed E-state index contributed by atoms with van der Waals surface area (Å²) in [6, 6.07) is 4.10. The van der Waals surface area contributed by atoms with Gasteiger partial charge in [-0.3, -0.25) is 0 Å². The van der Waals surface area contributed by atoms with Crippen LogP contribution < -0.4 is 0 Å². The van der Waals surface area contributed by atoms with Gasteiger partial charge in [0, 0.05) is 10.5 Å². The van der Waals surface area contributed by atoms with Gasteiger partial charge in [-0.15, -0.1) is 23.4 Å². The van der Waals surface area contributed by atoms with Gasteiger partial charge in [-0.1, -0.05) is 0 Å². The number of nitrogens with one attached hydrogen (secondary N) is 1. The number of nitrogens with zero attached hydrogens (tertiary/aromatic N) is 1. The summed E-state index contributed by atoms with van der Waals surface area (Å²) in [5, 5.41) is 0.